The Kier molecular flexibility index (Phi) is 5.26. The number of amides is 1. The highest BCUT2D eigenvalue weighted by atomic mass is 32.1. The summed E-state index contributed by atoms with van der Waals surface area (Å²) in [6.45, 7) is 0.152. The van der Waals surface area contributed by atoms with E-state index >= 15 is 0 Å². The van der Waals surface area contributed by atoms with Crippen LogP contribution in [0.25, 0.3) is 5.76 Å². The molecule has 156 valence electrons. The number of nitro groups is 1. The van der Waals surface area contributed by atoms with Crippen LogP contribution in [0.15, 0.2) is 71.6 Å². The number of ketones is 1. The lowest BCUT2D eigenvalue weighted by Crippen LogP contribution is -2.28. The summed E-state index contributed by atoms with van der Waals surface area (Å²) in [5.74, 6) is -2.12. The molecule has 1 aromatic heterocycles. The third-order valence-corrected chi connectivity index (χ3v) is 5.84. The van der Waals surface area contributed by atoms with Gasteiger partial charge in [-0.3, -0.25) is 19.7 Å². The molecule has 1 unspecified atom stereocenters. The summed E-state index contributed by atoms with van der Waals surface area (Å²) in [6.07, 6.45) is 0. The van der Waals surface area contributed by atoms with Crippen molar-refractivity contribution in [1.29, 1.82) is 0 Å². The van der Waals surface area contributed by atoms with Crippen molar-refractivity contribution in [3.8, 4) is 5.75 Å². The maximum absolute atomic E-state index is 12.9. The number of phenols is 1. The summed E-state index contributed by atoms with van der Waals surface area (Å²) in [4.78, 5) is 38.3. The van der Waals surface area contributed by atoms with Gasteiger partial charge in [-0.2, -0.15) is 0 Å². The van der Waals surface area contributed by atoms with Crippen LogP contribution in [0.4, 0.5) is 5.69 Å². The molecule has 0 aliphatic carbocycles. The minimum Gasteiger partial charge on any atom is -0.508 e. The van der Waals surface area contributed by atoms with E-state index in [0.29, 0.717) is 5.56 Å². The molecule has 1 aliphatic rings. The summed E-state index contributed by atoms with van der Waals surface area (Å²) in [5, 5.41) is 33.6. The number of aliphatic hydroxyl groups is 1. The first-order chi connectivity index (χ1) is 14.9. The van der Waals surface area contributed by atoms with E-state index in [1.54, 1.807) is 12.1 Å². The molecule has 31 heavy (non-hydrogen) atoms. The first kappa shape index (κ1) is 20.3. The number of thiophene rings is 1. The predicted molar refractivity (Wildman–Crippen MR) is 113 cm³/mol. The highest BCUT2D eigenvalue weighted by molar-refractivity contribution is 7.09. The van der Waals surface area contributed by atoms with E-state index in [-0.39, 0.29) is 29.1 Å². The SMILES string of the molecule is O=C1C(=O)N(Cc2cccs2)C(c2cccc(O)c2)/C1=C(/O)c1ccc([N+](=O)[O-])cc1. The molecule has 1 fully saturated rings. The zero-order valence-electron chi connectivity index (χ0n) is 16.0. The Hall–Kier alpha value is -3.98. The van der Waals surface area contributed by atoms with Crippen LogP contribution >= 0.6 is 11.3 Å². The number of Topliss-reactive ketones (excluding diaryl/α,β-unsaturated/α-hetero) is 1. The summed E-state index contributed by atoms with van der Waals surface area (Å²) in [6, 6.07) is 13.9. The van der Waals surface area contributed by atoms with Gasteiger partial charge in [0.15, 0.2) is 0 Å². The lowest BCUT2D eigenvalue weighted by atomic mass is 9.95. The highest BCUT2D eigenvalue weighted by Crippen LogP contribution is 2.41. The van der Waals surface area contributed by atoms with E-state index in [0.717, 1.165) is 4.88 Å². The van der Waals surface area contributed by atoms with Crippen molar-refractivity contribution < 1.29 is 24.7 Å². The largest absolute Gasteiger partial charge is 0.508 e. The Labute approximate surface area is 180 Å². The number of carbonyl (C=O) groups is 2. The van der Waals surface area contributed by atoms with Gasteiger partial charge in [0.25, 0.3) is 17.4 Å². The molecule has 3 aromatic rings. The number of aromatic hydroxyl groups is 1. The van der Waals surface area contributed by atoms with Crippen molar-refractivity contribution in [3.63, 3.8) is 0 Å². The fourth-order valence-corrected chi connectivity index (χ4v) is 4.25. The van der Waals surface area contributed by atoms with Gasteiger partial charge in [0.1, 0.15) is 11.5 Å². The fourth-order valence-electron chi connectivity index (χ4n) is 3.55. The van der Waals surface area contributed by atoms with Gasteiger partial charge in [-0.25, -0.2) is 0 Å². The number of carbonyl (C=O) groups excluding carboxylic acids is 2. The third-order valence-electron chi connectivity index (χ3n) is 4.98. The molecule has 4 rings (SSSR count). The lowest BCUT2D eigenvalue weighted by molar-refractivity contribution is -0.384. The van der Waals surface area contributed by atoms with E-state index in [2.05, 4.69) is 0 Å². The van der Waals surface area contributed by atoms with Crippen molar-refractivity contribution in [3.05, 3.63) is 97.7 Å². The molecule has 0 spiro atoms. The first-order valence-electron chi connectivity index (χ1n) is 9.21. The van der Waals surface area contributed by atoms with Crippen LogP contribution in [-0.4, -0.2) is 31.7 Å². The summed E-state index contributed by atoms with van der Waals surface area (Å²) >= 11 is 1.43. The Morgan fingerprint density at radius 1 is 1.10 bits per heavy atom. The predicted octanol–water partition coefficient (Wildman–Crippen LogP) is 3.98. The van der Waals surface area contributed by atoms with E-state index in [4.69, 9.17) is 0 Å². The second-order valence-corrected chi connectivity index (χ2v) is 7.94. The van der Waals surface area contributed by atoms with Gasteiger partial charge in [0.2, 0.25) is 0 Å². The standard InChI is InChI=1S/C22H16N2O6S/c25-16-4-1-3-14(11-16)19-18(20(26)13-6-8-15(9-7-13)24(29)30)21(27)22(28)23(19)12-17-5-2-10-31-17/h1-11,19,25-26H,12H2/b20-18-. The molecule has 1 aliphatic heterocycles. The monoisotopic (exact) mass is 436 g/mol. The summed E-state index contributed by atoms with van der Waals surface area (Å²) < 4.78 is 0. The van der Waals surface area contributed by atoms with Gasteiger partial charge < -0.3 is 15.1 Å². The number of likely N-dealkylation sites (tertiary alicyclic amines) is 1. The van der Waals surface area contributed by atoms with Crippen LogP contribution in [0.5, 0.6) is 5.75 Å². The summed E-state index contributed by atoms with van der Waals surface area (Å²) in [7, 11) is 0. The zero-order chi connectivity index (χ0) is 22.1. The quantitative estimate of drug-likeness (QED) is 0.205. The second kappa shape index (κ2) is 8.04. The molecule has 2 heterocycles. The molecule has 0 bridgehead atoms. The number of hydrogen-bond donors (Lipinski definition) is 2. The first-order valence-corrected chi connectivity index (χ1v) is 10.1. The molecule has 2 aromatic carbocycles. The van der Waals surface area contributed by atoms with E-state index in [1.807, 2.05) is 17.5 Å². The maximum Gasteiger partial charge on any atom is 0.295 e. The molecule has 2 N–H and O–H groups in total. The third kappa shape index (κ3) is 3.78. The molecule has 8 nitrogen and oxygen atoms in total. The minimum absolute atomic E-state index is 0.0467. The van der Waals surface area contributed by atoms with Crippen LogP contribution in [0.2, 0.25) is 0 Å². The lowest BCUT2D eigenvalue weighted by Gasteiger charge is -2.25. The molecule has 0 radical (unpaired) electrons. The Bertz CT molecular complexity index is 1200. The van der Waals surface area contributed by atoms with E-state index < -0.39 is 28.4 Å². The topological polar surface area (TPSA) is 121 Å². The Balaban J connectivity index is 1.85. The van der Waals surface area contributed by atoms with Crippen LogP contribution in [0.1, 0.15) is 22.0 Å². The molecular weight excluding hydrogens is 420 g/mol. The number of nitrogens with zero attached hydrogens (tertiary/aromatic N) is 2. The van der Waals surface area contributed by atoms with Gasteiger partial charge in [0.05, 0.1) is 23.1 Å². The summed E-state index contributed by atoms with van der Waals surface area (Å²) in [5.41, 5.74) is 0.323. The second-order valence-electron chi connectivity index (χ2n) is 6.91. The van der Waals surface area contributed by atoms with Gasteiger partial charge in [0, 0.05) is 22.6 Å². The van der Waals surface area contributed by atoms with E-state index in [1.165, 1.54) is 52.6 Å². The molecular formula is C22H16N2O6S. The van der Waals surface area contributed by atoms with Crippen molar-refractivity contribution >= 4 is 34.5 Å². The number of phenolic OH excluding ortho intramolecular Hbond substituents is 1. The van der Waals surface area contributed by atoms with Crippen molar-refractivity contribution in [1.82, 2.24) is 4.90 Å². The molecule has 1 saturated heterocycles. The van der Waals surface area contributed by atoms with E-state index in [9.17, 15) is 29.9 Å². The maximum atomic E-state index is 12.9. The van der Waals surface area contributed by atoms with Crippen molar-refractivity contribution in [2.45, 2.75) is 12.6 Å². The number of benzene rings is 2. The smallest absolute Gasteiger partial charge is 0.295 e. The van der Waals surface area contributed by atoms with Crippen LogP contribution in [0.3, 0.4) is 0 Å². The Morgan fingerprint density at radius 2 is 1.84 bits per heavy atom. The average Bonchev–Trinajstić information content (AvgIpc) is 3.36. The number of nitro benzene ring substituents is 1. The Morgan fingerprint density at radius 3 is 2.45 bits per heavy atom. The van der Waals surface area contributed by atoms with Crippen LogP contribution in [0, 0.1) is 10.1 Å². The minimum atomic E-state index is -0.926. The van der Waals surface area contributed by atoms with Crippen LogP contribution in [-0.2, 0) is 16.1 Å². The number of rotatable bonds is 5. The molecule has 0 saturated carbocycles. The van der Waals surface area contributed by atoms with Crippen LogP contribution < -0.4 is 0 Å². The molecule has 1 amide bonds. The van der Waals surface area contributed by atoms with Gasteiger partial charge in [-0.15, -0.1) is 11.3 Å². The van der Waals surface area contributed by atoms with Gasteiger partial charge >= 0.3 is 0 Å². The number of hydrogen-bond acceptors (Lipinski definition) is 7. The van der Waals surface area contributed by atoms with Crippen molar-refractivity contribution in [2.24, 2.45) is 0 Å². The normalized spacial score (nSPS) is 17.8. The number of non-ortho nitro benzene ring substituents is 1. The molecule has 1 atom stereocenters. The van der Waals surface area contributed by atoms with Gasteiger partial charge in [-0.1, -0.05) is 18.2 Å². The van der Waals surface area contributed by atoms with Crippen molar-refractivity contribution in [2.75, 3.05) is 0 Å². The van der Waals surface area contributed by atoms with Gasteiger partial charge in [-0.05, 0) is 41.3 Å². The zero-order valence-corrected chi connectivity index (χ0v) is 16.8. The average molecular weight is 436 g/mol. The highest BCUT2D eigenvalue weighted by Gasteiger charge is 2.46. The fraction of sp³-hybridized carbons (Fsp3) is 0.0909. The number of aliphatic hydroxyl groups excluding tert-OH is 1. The molecule has 9 heteroatoms.